The molecule has 3 N–H and O–H groups in total. The normalized spacial score (nSPS) is 21.5. The van der Waals surface area contributed by atoms with Crippen molar-refractivity contribution in [3.8, 4) is 11.4 Å². The lowest BCUT2D eigenvalue weighted by molar-refractivity contribution is 0.0696. The average molecular weight is 474 g/mol. The summed E-state index contributed by atoms with van der Waals surface area (Å²) in [6, 6.07) is 3.31. The molecule has 0 bridgehead atoms. The first-order chi connectivity index (χ1) is 16.5. The van der Waals surface area contributed by atoms with Crippen molar-refractivity contribution >= 4 is 17.4 Å². The van der Waals surface area contributed by atoms with E-state index in [2.05, 4.69) is 25.9 Å². The van der Waals surface area contributed by atoms with Gasteiger partial charge in [-0.3, -0.25) is 9.20 Å². The maximum absolute atomic E-state index is 14.7. The molecule has 2 saturated heterocycles. The predicted molar refractivity (Wildman–Crippen MR) is 119 cm³/mol. The van der Waals surface area contributed by atoms with Crippen LogP contribution in [0.5, 0.6) is 0 Å². The Balaban J connectivity index is 1.41. The molecule has 1 amide bonds. The number of rotatable bonds is 5. The van der Waals surface area contributed by atoms with E-state index in [-0.39, 0.29) is 29.2 Å². The second-order valence-electron chi connectivity index (χ2n) is 8.56. The number of imidazole rings is 1. The van der Waals surface area contributed by atoms with Crippen LogP contribution < -0.4 is 16.0 Å². The summed E-state index contributed by atoms with van der Waals surface area (Å²) in [5.41, 5.74) is 0.986. The fourth-order valence-corrected chi connectivity index (χ4v) is 4.30. The van der Waals surface area contributed by atoms with Gasteiger partial charge in [0.05, 0.1) is 17.9 Å². The summed E-state index contributed by atoms with van der Waals surface area (Å²) in [4.78, 5) is 21.0. The highest BCUT2D eigenvalue weighted by molar-refractivity contribution is 5.95. The molecule has 0 spiro atoms. The smallest absolute Gasteiger partial charge is 0.251 e. The zero-order chi connectivity index (χ0) is 23.7. The van der Waals surface area contributed by atoms with Crippen LogP contribution in [0.2, 0.25) is 0 Å². The third kappa shape index (κ3) is 4.58. The van der Waals surface area contributed by atoms with Gasteiger partial charge < -0.3 is 20.7 Å². The van der Waals surface area contributed by atoms with Crippen molar-refractivity contribution in [3.63, 3.8) is 0 Å². The lowest BCUT2D eigenvalue weighted by Gasteiger charge is -2.28. The number of amides is 1. The number of hydrogen-bond donors (Lipinski definition) is 3. The van der Waals surface area contributed by atoms with Gasteiger partial charge >= 0.3 is 0 Å². The number of alkyl halides is 1. The Morgan fingerprint density at radius 3 is 2.79 bits per heavy atom. The minimum Gasteiger partial charge on any atom is -0.381 e. The van der Waals surface area contributed by atoms with E-state index in [0.717, 1.165) is 18.9 Å². The zero-order valence-corrected chi connectivity index (χ0v) is 18.4. The Morgan fingerprint density at radius 2 is 2.00 bits per heavy atom. The summed E-state index contributed by atoms with van der Waals surface area (Å²) in [6.07, 6.45) is 3.64. The first-order valence-electron chi connectivity index (χ1n) is 11.3. The highest BCUT2D eigenvalue weighted by Crippen LogP contribution is 2.27. The van der Waals surface area contributed by atoms with E-state index in [1.54, 1.807) is 22.7 Å². The van der Waals surface area contributed by atoms with E-state index in [1.165, 1.54) is 6.20 Å². The van der Waals surface area contributed by atoms with Crippen molar-refractivity contribution in [2.75, 3.05) is 31.6 Å². The van der Waals surface area contributed by atoms with Gasteiger partial charge in [0.2, 0.25) is 0 Å². The van der Waals surface area contributed by atoms with Crippen molar-refractivity contribution in [1.29, 1.82) is 0 Å². The number of hydrogen-bond acceptors (Lipinski definition) is 6. The molecule has 3 aromatic heterocycles. The van der Waals surface area contributed by atoms with Gasteiger partial charge in [0.1, 0.15) is 17.5 Å². The molecule has 180 valence electrons. The number of aromatic nitrogens is 3. The number of carbonyl (C=O) groups excluding carboxylic acids is 1. The van der Waals surface area contributed by atoms with Crippen LogP contribution in [0.4, 0.5) is 19.0 Å². The maximum Gasteiger partial charge on any atom is 0.251 e. The molecular formula is C23H25F3N6O2. The third-order valence-corrected chi connectivity index (χ3v) is 6.22. The van der Waals surface area contributed by atoms with Gasteiger partial charge in [0.25, 0.3) is 5.91 Å². The summed E-state index contributed by atoms with van der Waals surface area (Å²) in [6.45, 7) is 2.08. The molecule has 0 aromatic carbocycles. The Labute approximate surface area is 193 Å². The second kappa shape index (κ2) is 9.59. The first kappa shape index (κ1) is 22.6. The molecule has 2 aliphatic heterocycles. The van der Waals surface area contributed by atoms with E-state index in [9.17, 15) is 18.0 Å². The highest BCUT2D eigenvalue weighted by atomic mass is 19.1. The van der Waals surface area contributed by atoms with Crippen LogP contribution in [0.15, 0.2) is 30.6 Å². The van der Waals surface area contributed by atoms with E-state index in [0.29, 0.717) is 43.9 Å². The van der Waals surface area contributed by atoms with E-state index >= 15 is 0 Å². The summed E-state index contributed by atoms with van der Waals surface area (Å²) in [5.74, 6) is -2.22. The quantitative estimate of drug-likeness (QED) is 0.527. The number of anilines is 1. The number of carbonyl (C=O) groups is 1. The van der Waals surface area contributed by atoms with Gasteiger partial charge in [0.15, 0.2) is 17.5 Å². The lowest BCUT2D eigenvalue weighted by atomic mass is 10.1. The van der Waals surface area contributed by atoms with E-state index in [1.807, 2.05) is 0 Å². The molecule has 2 fully saturated rings. The molecule has 2 aliphatic rings. The second-order valence-corrected chi connectivity index (χ2v) is 8.56. The molecular weight excluding hydrogens is 449 g/mol. The Kier molecular flexibility index (Phi) is 6.38. The van der Waals surface area contributed by atoms with E-state index in [4.69, 9.17) is 4.74 Å². The van der Waals surface area contributed by atoms with Crippen LogP contribution in [-0.4, -0.2) is 64.8 Å². The van der Waals surface area contributed by atoms with Crippen molar-refractivity contribution in [2.24, 2.45) is 0 Å². The number of nitrogens with one attached hydrogen (secondary N) is 3. The molecule has 0 saturated carbocycles. The summed E-state index contributed by atoms with van der Waals surface area (Å²) in [7, 11) is 0. The average Bonchev–Trinajstić information content (AvgIpc) is 3.26. The maximum atomic E-state index is 14.7. The van der Waals surface area contributed by atoms with Crippen molar-refractivity contribution in [3.05, 3.63) is 47.8 Å². The minimum absolute atomic E-state index is 0.0551. The number of halogens is 3. The van der Waals surface area contributed by atoms with Crippen LogP contribution in [0, 0.1) is 11.6 Å². The molecule has 11 heteroatoms. The van der Waals surface area contributed by atoms with Gasteiger partial charge in [-0.15, -0.1) is 0 Å². The van der Waals surface area contributed by atoms with Crippen LogP contribution in [0.25, 0.3) is 17.0 Å². The molecule has 8 nitrogen and oxygen atoms in total. The Bertz CT molecular complexity index is 1200. The molecule has 0 radical (unpaired) electrons. The molecule has 2 atom stereocenters. The monoisotopic (exact) mass is 474 g/mol. The molecule has 34 heavy (non-hydrogen) atoms. The first-order valence-corrected chi connectivity index (χ1v) is 11.3. The van der Waals surface area contributed by atoms with Crippen molar-refractivity contribution in [1.82, 2.24) is 25.0 Å². The highest BCUT2D eigenvalue weighted by Gasteiger charge is 2.27. The van der Waals surface area contributed by atoms with Gasteiger partial charge in [-0.25, -0.2) is 23.1 Å². The fourth-order valence-electron chi connectivity index (χ4n) is 4.30. The van der Waals surface area contributed by atoms with Gasteiger partial charge in [-0.05, 0) is 37.9 Å². The molecule has 3 aromatic rings. The minimum atomic E-state index is -1.17. The van der Waals surface area contributed by atoms with E-state index < -0.39 is 23.8 Å². The molecule has 5 heterocycles. The van der Waals surface area contributed by atoms with Crippen LogP contribution in [-0.2, 0) is 4.74 Å². The molecule has 0 unspecified atom stereocenters. The van der Waals surface area contributed by atoms with Crippen LogP contribution in [0.1, 0.15) is 29.6 Å². The number of nitrogens with zero attached hydrogens (tertiary/aromatic N) is 3. The number of piperidine rings is 1. The summed E-state index contributed by atoms with van der Waals surface area (Å²) >= 11 is 0. The molecule has 5 rings (SSSR count). The topological polar surface area (TPSA) is 92.6 Å². The van der Waals surface area contributed by atoms with Crippen molar-refractivity contribution < 1.29 is 22.7 Å². The summed E-state index contributed by atoms with van der Waals surface area (Å²) in [5, 5.41) is 8.79. The van der Waals surface area contributed by atoms with Gasteiger partial charge in [-0.1, -0.05) is 0 Å². The predicted octanol–water partition coefficient (Wildman–Crippen LogP) is 2.70. The number of fused-ring (bicyclic) bond motifs is 1. The Hall–Kier alpha value is -3.18. The lowest BCUT2D eigenvalue weighted by Crippen LogP contribution is -2.46. The SMILES string of the molecule is O=C(NC1CCOCC1)c1ccn2c(-c3nc(N[C@H]4CNCC[C@@H]4F)c(F)cc3F)cnc2c1. The van der Waals surface area contributed by atoms with Gasteiger partial charge in [-0.2, -0.15) is 0 Å². The largest absolute Gasteiger partial charge is 0.381 e. The Morgan fingerprint density at radius 1 is 1.18 bits per heavy atom. The standard InChI is InChI=1S/C23H25F3N6O2/c24-15-1-5-27-11-18(15)30-22-17(26)10-16(25)21(31-22)19-12-28-20-9-13(2-6-32(19)20)23(33)29-14-3-7-34-8-4-14/h2,6,9-10,12,14-15,18,27H,1,3-5,7-8,11H2,(H,29,33)(H,30,31)/t15-,18-/m0/s1. The molecule has 0 aliphatic carbocycles. The summed E-state index contributed by atoms with van der Waals surface area (Å²) < 4.78 is 50.2. The van der Waals surface area contributed by atoms with Crippen LogP contribution in [0.3, 0.4) is 0 Å². The van der Waals surface area contributed by atoms with Gasteiger partial charge in [0, 0.05) is 43.6 Å². The third-order valence-electron chi connectivity index (χ3n) is 6.22. The number of pyridine rings is 2. The fraction of sp³-hybridized carbons (Fsp3) is 0.435. The van der Waals surface area contributed by atoms with Crippen molar-refractivity contribution in [2.45, 2.75) is 37.5 Å². The number of ether oxygens (including phenoxy) is 1. The zero-order valence-electron chi connectivity index (χ0n) is 18.4. The van der Waals surface area contributed by atoms with Crippen LogP contribution >= 0.6 is 0 Å².